The summed E-state index contributed by atoms with van der Waals surface area (Å²) in [7, 11) is -3.57. The number of fused-ring (bicyclic) bond motifs is 1. The molecule has 11 heteroatoms. The number of aryl methyl sites for hydroxylation is 1. The maximum Gasteiger partial charge on any atom is 0.243 e. The van der Waals surface area contributed by atoms with Crippen molar-refractivity contribution in [1.29, 1.82) is 0 Å². The van der Waals surface area contributed by atoms with Gasteiger partial charge in [-0.3, -0.25) is 4.79 Å². The number of nitrogens with one attached hydrogen (secondary N) is 1. The number of benzene rings is 2. The molecule has 1 saturated heterocycles. The minimum absolute atomic E-state index is 0.00124. The topological polar surface area (TPSA) is 84.3 Å². The highest BCUT2D eigenvalue weighted by molar-refractivity contribution is 7.99. The van der Waals surface area contributed by atoms with Crippen LogP contribution in [0, 0.1) is 11.6 Å². The average Bonchev–Trinajstić information content (AvgIpc) is 3.17. The van der Waals surface area contributed by atoms with Crippen molar-refractivity contribution < 1.29 is 22.0 Å². The van der Waals surface area contributed by atoms with Gasteiger partial charge >= 0.3 is 0 Å². The van der Waals surface area contributed by atoms with Crippen molar-refractivity contribution in [1.82, 2.24) is 13.9 Å². The zero-order valence-electron chi connectivity index (χ0n) is 18.1. The van der Waals surface area contributed by atoms with Crippen molar-refractivity contribution in [2.45, 2.75) is 42.8 Å². The molecule has 4 rings (SSSR count). The van der Waals surface area contributed by atoms with Gasteiger partial charge in [0.2, 0.25) is 15.9 Å². The summed E-state index contributed by atoms with van der Waals surface area (Å²) in [6, 6.07) is 8.08. The number of hydrogen-bond acceptors (Lipinski definition) is 5. The molecule has 1 aliphatic rings. The summed E-state index contributed by atoms with van der Waals surface area (Å²) < 4.78 is 55.8. The maximum absolute atomic E-state index is 13.3. The van der Waals surface area contributed by atoms with E-state index in [4.69, 9.17) is 0 Å². The third-order valence-electron chi connectivity index (χ3n) is 5.49. The Balaban J connectivity index is 1.51. The molecule has 0 saturated carbocycles. The molecule has 1 N–H and O–H groups in total. The number of anilines is 1. The second-order valence-corrected chi connectivity index (χ2v) is 10.6. The van der Waals surface area contributed by atoms with E-state index < -0.39 is 27.6 Å². The number of nitrogens with zero attached hydrogens (tertiary/aromatic N) is 3. The molecule has 1 aliphatic heterocycles. The normalized spacial score (nSPS) is 15.1. The van der Waals surface area contributed by atoms with Crippen molar-refractivity contribution in [2.24, 2.45) is 0 Å². The summed E-state index contributed by atoms with van der Waals surface area (Å²) in [5.41, 5.74) is 1.48. The smallest absolute Gasteiger partial charge is 0.243 e. The Morgan fingerprint density at radius 1 is 1.09 bits per heavy atom. The SMILES string of the molecule is CCn1c(SCC(=O)Nc2ccc(F)c(F)c2)nc2cc(S(=O)(=O)N3CCCCC3)ccc21. The van der Waals surface area contributed by atoms with Gasteiger partial charge in [0.15, 0.2) is 16.8 Å². The van der Waals surface area contributed by atoms with E-state index in [1.165, 1.54) is 22.1 Å². The molecule has 0 unspecified atom stereocenters. The Labute approximate surface area is 195 Å². The van der Waals surface area contributed by atoms with Crippen LogP contribution >= 0.6 is 11.8 Å². The van der Waals surface area contributed by atoms with Crippen molar-refractivity contribution in [3.05, 3.63) is 48.0 Å². The van der Waals surface area contributed by atoms with Gasteiger partial charge in [0.25, 0.3) is 0 Å². The number of carbonyl (C=O) groups is 1. The molecule has 0 spiro atoms. The van der Waals surface area contributed by atoms with E-state index in [2.05, 4.69) is 10.3 Å². The number of hydrogen-bond donors (Lipinski definition) is 1. The lowest BCUT2D eigenvalue weighted by Gasteiger charge is -2.25. The zero-order chi connectivity index (χ0) is 23.6. The fourth-order valence-electron chi connectivity index (χ4n) is 3.82. The van der Waals surface area contributed by atoms with Gasteiger partial charge in [-0.15, -0.1) is 0 Å². The fraction of sp³-hybridized carbons (Fsp3) is 0.364. The molecule has 1 amide bonds. The number of sulfonamides is 1. The molecule has 0 radical (unpaired) electrons. The van der Waals surface area contributed by atoms with Crippen LogP contribution in [0.3, 0.4) is 0 Å². The lowest BCUT2D eigenvalue weighted by atomic mass is 10.2. The molecule has 0 bridgehead atoms. The minimum Gasteiger partial charge on any atom is -0.325 e. The van der Waals surface area contributed by atoms with Crippen LogP contribution in [0.2, 0.25) is 0 Å². The first-order chi connectivity index (χ1) is 15.8. The van der Waals surface area contributed by atoms with Gasteiger partial charge in [-0.1, -0.05) is 18.2 Å². The molecule has 0 atom stereocenters. The number of amides is 1. The van der Waals surface area contributed by atoms with Crippen LogP contribution in [0.15, 0.2) is 46.5 Å². The Kier molecular flexibility index (Phi) is 7.01. The maximum atomic E-state index is 13.3. The van der Waals surface area contributed by atoms with Gasteiger partial charge in [-0.05, 0) is 50.1 Å². The third-order valence-corrected chi connectivity index (χ3v) is 8.36. The van der Waals surface area contributed by atoms with Crippen LogP contribution in [0.4, 0.5) is 14.5 Å². The highest BCUT2D eigenvalue weighted by Gasteiger charge is 2.26. The molecule has 2 aromatic carbocycles. The summed E-state index contributed by atoms with van der Waals surface area (Å²) in [6.07, 6.45) is 2.76. The van der Waals surface area contributed by atoms with Gasteiger partial charge in [0, 0.05) is 31.4 Å². The molecule has 0 aliphatic carbocycles. The third kappa shape index (κ3) is 5.04. The van der Waals surface area contributed by atoms with E-state index in [0.717, 1.165) is 36.9 Å². The Hall–Kier alpha value is -2.50. The summed E-state index contributed by atoms with van der Waals surface area (Å²) in [6.45, 7) is 3.57. The Morgan fingerprint density at radius 2 is 1.85 bits per heavy atom. The Morgan fingerprint density at radius 3 is 2.55 bits per heavy atom. The van der Waals surface area contributed by atoms with Gasteiger partial charge in [0.05, 0.1) is 21.7 Å². The van der Waals surface area contributed by atoms with Gasteiger partial charge in [0.1, 0.15) is 0 Å². The monoisotopic (exact) mass is 494 g/mol. The minimum atomic E-state index is -3.57. The lowest BCUT2D eigenvalue weighted by molar-refractivity contribution is -0.113. The highest BCUT2D eigenvalue weighted by atomic mass is 32.2. The van der Waals surface area contributed by atoms with Crippen LogP contribution in [0.1, 0.15) is 26.2 Å². The summed E-state index contributed by atoms with van der Waals surface area (Å²) in [4.78, 5) is 17.1. The predicted octanol–water partition coefficient (Wildman–Crippen LogP) is 4.24. The molecule has 1 aromatic heterocycles. The number of piperidine rings is 1. The van der Waals surface area contributed by atoms with Crippen LogP contribution in [-0.2, 0) is 21.4 Å². The standard InChI is InChI=1S/C22H24F2N4O3S2/c1-2-28-20-9-7-16(33(30,31)27-10-4-3-5-11-27)13-19(20)26-22(28)32-14-21(29)25-15-6-8-17(23)18(24)12-15/h6-9,12-13H,2-5,10-11,14H2,1H3,(H,25,29). The number of aromatic nitrogens is 2. The largest absolute Gasteiger partial charge is 0.325 e. The number of carbonyl (C=O) groups excluding carboxylic acids is 1. The molecular weight excluding hydrogens is 470 g/mol. The summed E-state index contributed by atoms with van der Waals surface area (Å²) in [5, 5.41) is 3.10. The Bertz CT molecular complexity index is 1290. The van der Waals surface area contributed by atoms with Crippen LogP contribution in [-0.4, -0.2) is 47.0 Å². The van der Waals surface area contributed by atoms with E-state index in [0.29, 0.717) is 30.3 Å². The van der Waals surface area contributed by atoms with E-state index in [9.17, 15) is 22.0 Å². The predicted molar refractivity (Wildman–Crippen MR) is 124 cm³/mol. The summed E-state index contributed by atoms with van der Waals surface area (Å²) >= 11 is 1.19. The van der Waals surface area contributed by atoms with E-state index in [1.807, 2.05) is 11.5 Å². The number of halogens is 2. The molecule has 176 valence electrons. The first kappa shape index (κ1) is 23.7. The fourth-order valence-corrected chi connectivity index (χ4v) is 6.24. The summed E-state index contributed by atoms with van der Waals surface area (Å²) in [5.74, 6) is -2.42. The first-order valence-corrected chi connectivity index (χ1v) is 13.1. The highest BCUT2D eigenvalue weighted by Crippen LogP contribution is 2.28. The van der Waals surface area contributed by atoms with Gasteiger partial charge in [-0.25, -0.2) is 22.2 Å². The van der Waals surface area contributed by atoms with Crippen molar-refractivity contribution in [3.8, 4) is 0 Å². The first-order valence-electron chi connectivity index (χ1n) is 10.7. The lowest BCUT2D eigenvalue weighted by Crippen LogP contribution is -2.35. The average molecular weight is 495 g/mol. The quantitative estimate of drug-likeness (QED) is 0.497. The van der Waals surface area contributed by atoms with E-state index in [-0.39, 0.29) is 16.3 Å². The van der Waals surface area contributed by atoms with Crippen molar-refractivity contribution in [3.63, 3.8) is 0 Å². The molecule has 3 aromatic rings. The number of imidazole rings is 1. The molecule has 1 fully saturated rings. The van der Waals surface area contributed by atoms with Crippen molar-refractivity contribution >= 4 is 44.4 Å². The van der Waals surface area contributed by atoms with Gasteiger partial charge < -0.3 is 9.88 Å². The van der Waals surface area contributed by atoms with Crippen LogP contribution < -0.4 is 5.32 Å². The van der Waals surface area contributed by atoms with Crippen LogP contribution in [0.25, 0.3) is 11.0 Å². The number of rotatable bonds is 7. The second-order valence-electron chi connectivity index (χ2n) is 7.72. The zero-order valence-corrected chi connectivity index (χ0v) is 19.7. The van der Waals surface area contributed by atoms with E-state index in [1.54, 1.807) is 18.2 Å². The number of thioether (sulfide) groups is 1. The molecule has 33 heavy (non-hydrogen) atoms. The molecule has 2 heterocycles. The van der Waals surface area contributed by atoms with Crippen LogP contribution in [0.5, 0.6) is 0 Å². The van der Waals surface area contributed by atoms with Gasteiger partial charge in [-0.2, -0.15) is 4.31 Å². The second kappa shape index (κ2) is 9.78. The van der Waals surface area contributed by atoms with E-state index >= 15 is 0 Å². The van der Waals surface area contributed by atoms with Crippen molar-refractivity contribution in [2.75, 3.05) is 24.2 Å². The molecule has 7 nitrogen and oxygen atoms in total. The molecular formula is C22H24F2N4O3S2.